The molecule has 0 aromatic heterocycles. The molecule has 0 aromatic carbocycles. The Kier molecular flexibility index (Phi) is 1.82. The van der Waals surface area contributed by atoms with Crippen LogP contribution in [0.25, 0.3) is 0 Å². The Bertz CT molecular complexity index is 216. The predicted octanol–water partition coefficient (Wildman–Crippen LogP) is 3.92. The fourth-order valence-corrected chi connectivity index (χ4v) is 2.92. The summed E-state index contributed by atoms with van der Waals surface area (Å²) < 4.78 is 0. The second-order valence-corrected chi connectivity index (χ2v) is 5.21. The largest absolute Gasteiger partial charge is 0.0733 e. The third kappa shape index (κ3) is 1.32. The first-order valence-electron chi connectivity index (χ1n) is 5.31. The maximum absolute atomic E-state index is 2.43. The van der Waals surface area contributed by atoms with Gasteiger partial charge in [-0.15, -0.1) is 0 Å². The van der Waals surface area contributed by atoms with Gasteiger partial charge in [-0.3, -0.25) is 0 Å². The lowest BCUT2D eigenvalue weighted by molar-refractivity contribution is 0.349. The standard InChI is InChI=1S/C12H20/c1-9-5-4-8-12(2,3)11(9)10-6-7-10/h10H,4-8H2,1-3H3. The van der Waals surface area contributed by atoms with Crippen LogP contribution < -0.4 is 0 Å². The third-order valence-corrected chi connectivity index (χ3v) is 3.53. The number of allylic oxidation sites excluding steroid dienone is 2. The molecule has 0 heterocycles. The van der Waals surface area contributed by atoms with E-state index in [0.29, 0.717) is 5.41 Å². The lowest BCUT2D eigenvalue weighted by Gasteiger charge is -2.34. The topological polar surface area (TPSA) is 0 Å². The van der Waals surface area contributed by atoms with Crippen molar-refractivity contribution in [1.29, 1.82) is 0 Å². The molecular formula is C12H20. The Morgan fingerprint density at radius 2 is 1.92 bits per heavy atom. The Labute approximate surface area is 76.1 Å². The van der Waals surface area contributed by atoms with Crippen molar-refractivity contribution in [3.63, 3.8) is 0 Å². The molecule has 0 bridgehead atoms. The highest BCUT2D eigenvalue weighted by molar-refractivity contribution is 5.27. The molecule has 0 saturated heterocycles. The third-order valence-electron chi connectivity index (χ3n) is 3.53. The lowest BCUT2D eigenvalue weighted by Crippen LogP contribution is -2.21. The molecule has 1 saturated carbocycles. The first kappa shape index (κ1) is 8.34. The molecule has 0 spiro atoms. The van der Waals surface area contributed by atoms with Gasteiger partial charge >= 0.3 is 0 Å². The Hall–Kier alpha value is -0.260. The van der Waals surface area contributed by atoms with E-state index in [4.69, 9.17) is 0 Å². The molecule has 68 valence electrons. The van der Waals surface area contributed by atoms with Crippen LogP contribution in [-0.4, -0.2) is 0 Å². The molecule has 0 nitrogen and oxygen atoms in total. The van der Waals surface area contributed by atoms with E-state index in [2.05, 4.69) is 20.8 Å². The van der Waals surface area contributed by atoms with Crippen molar-refractivity contribution in [2.75, 3.05) is 0 Å². The average molecular weight is 164 g/mol. The van der Waals surface area contributed by atoms with Crippen molar-refractivity contribution < 1.29 is 0 Å². The highest BCUT2D eigenvalue weighted by Gasteiger charge is 2.38. The first-order chi connectivity index (χ1) is 5.61. The summed E-state index contributed by atoms with van der Waals surface area (Å²) in [5.74, 6) is 0.986. The van der Waals surface area contributed by atoms with Gasteiger partial charge in [-0.1, -0.05) is 25.0 Å². The molecule has 0 heteroatoms. The van der Waals surface area contributed by atoms with Crippen LogP contribution in [0.1, 0.15) is 52.9 Å². The summed E-state index contributed by atoms with van der Waals surface area (Å²) in [5, 5.41) is 0. The van der Waals surface area contributed by atoms with E-state index in [9.17, 15) is 0 Å². The highest BCUT2D eigenvalue weighted by Crippen LogP contribution is 2.51. The molecule has 0 N–H and O–H groups in total. The molecule has 0 aliphatic heterocycles. The SMILES string of the molecule is CC1=C(C2CC2)C(C)(C)CCC1. The second-order valence-electron chi connectivity index (χ2n) is 5.21. The van der Waals surface area contributed by atoms with Gasteiger partial charge in [0, 0.05) is 0 Å². The monoisotopic (exact) mass is 164 g/mol. The molecule has 1 fully saturated rings. The number of hydrogen-bond acceptors (Lipinski definition) is 0. The molecular weight excluding hydrogens is 144 g/mol. The molecule has 2 aliphatic carbocycles. The minimum absolute atomic E-state index is 0.531. The van der Waals surface area contributed by atoms with E-state index in [1.165, 1.54) is 32.1 Å². The van der Waals surface area contributed by atoms with Gasteiger partial charge in [0.05, 0.1) is 0 Å². The summed E-state index contributed by atoms with van der Waals surface area (Å²) in [4.78, 5) is 0. The Morgan fingerprint density at radius 1 is 1.25 bits per heavy atom. The summed E-state index contributed by atoms with van der Waals surface area (Å²) in [6.07, 6.45) is 7.13. The highest BCUT2D eigenvalue weighted by atomic mass is 14.4. The van der Waals surface area contributed by atoms with E-state index in [1.807, 2.05) is 5.57 Å². The van der Waals surface area contributed by atoms with Gasteiger partial charge in [-0.05, 0) is 50.4 Å². The van der Waals surface area contributed by atoms with Crippen LogP contribution >= 0.6 is 0 Å². The van der Waals surface area contributed by atoms with Crippen LogP contribution in [0.2, 0.25) is 0 Å². The molecule has 0 atom stereocenters. The van der Waals surface area contributed by atoms with E-state index in [0.717, 1.165) is 5.92 Å². The van der Waals surface area contributed by atoms with Crippen molar-refractivity contribution in [3.8, 4) is 0 Å². The van der Waals surface area contributed by atoms with Gasteiger partial charge in [0.25, 0.3) is 0 Å². The summed E-state index contributed by atoms with van der Waals surface area (Å²) in [5.41, 5.74) is 4.08. The van der Waals surface area contributed by atoms with Gasteiger partial charge in [0.15, 0.2) is 0 Å². The summed E-state index contributed by atoms with van der Waals surface area (Å²) in [7, 11) is 0. The van der Waals surface area contributed by atoms with E-state index in [-0.39, 0.29) is 0 Å². The normalized spacial score (nSPS) is 29.2. The second kappa shape index (κ2) is 2.61. The zero-order valence-electron chi connectivity index (χ0n) is 8.61. The Balaban J connectivity index is 2.30. The van der Waals surface area contributed by atoms with Crippen LogP contribution in [-0.2, 0) is 0 Å². The molecule has 0 unspecified atom stereocenters. The van der Waals surface area contributed by atoms with Crippen LogP contribution in [0.15, 0.2) is 11.1 Å². The van der Waals surface area contributed by atoms with Crippen molar-refractivity contribution in [2.24, 2.45) is 11.3 Å². The van der Waals surface area contributed by atoms with Crippen LogP contribution in [0.4, 0.5) is 0 Å². The van der Waals surface area contributed by atoms with Gasteiger partial charge in [-0.2, -0.15) is 0 Å². The van der Waals surface area contributed by atoms with Gasteiger partial charge in [0.2, 0.25) is 0 Å². The molecule has 0 radical (unpaired) electrons. The maximum atomic E-state index is 2.43. The zero-order valence-corrected chi connectivity index (χ0v) is 8.61. The average Bonchev–Trinajstić information content (AvgIpc) is 2.68. The predicted molar refractivity (Wildman–Crippen MR) is 53.1 cm³/mol. The maximum Gasteiger partial charge on any atom is -0.0139 e. The fraction of sp³-hybridized carbons (Fsp3) is 0.833. The molecule has 12 heavy (non-hydrogen) atoms. The number of rotatable bonds is 1. The zero-order chi connectivity index (χ0) is 8.77. The summed E-state index contributed by atoms with van der Waals surface area (Å²) >= 11 is 0. The first-order valence-corrected chi connectivity index (χ1v) is 5.31. The molecule has 2 aliphatic rings. The fourth-order valence-electron chi connectivity index (χ4n) is 2.92. The smallest absolute Gasteiger partial charge is 0.0139 e. The van der Waals surface area contributed by atoms with Crippen LogP contribution in [0, 0.1) is 11.3 Å². The van der Waals surface area contributed by atoms with Crippen LogP contribution in [0.5, 0.6) is 0 Å². The molecule has 0 amide bonds. The minimum Gasteiger partial charge on any atom is -0.0733 e. The van der Waals surface area contributed by atoms with Crippen molar-refractivity contribution in [3.05, 3.63) is 11.1 Å². The summed E-state index contributed by atoms with van der Waals surface area (Å²) in [6, 6.07) is 0. The lowest BCUT2D eigenvalue weighted by atomic mass is 9.71. The molecule has 0 aromatic rings. The quantitative estimate of drug-likeness (QED) is 0.515. The van der Waals surface area contributed by atoms with Gasteiger partial charge in [-0.25, -0.2) is 0 Å². The van der Waals surface area contributed by atoms with Gasteiger partial charge in [0.1, 0.15) is 0 Å². The minimum atomic E-state index is 0.531. The van der Waals surface area contributed by atoms with E-state index in [1.54, 1.807) is 5.57 Å². The molecule has 2 rings (SSSR count). The van der Waals surface area contributed by atoms with E-state index < -0.39 is 0 Å². The van der Waals surface area contributed by atoms with E-state index >= 15 is 0 Å². The van der Waals surface area contributed by atoms with Crippen molar-refractivity contribution >= 4 is 0 Å². The van der Waals surface area contributed by atoms with Crippen molar-refractivity contribution in [2.45, 2.75) is 52.9 Å². The summed E-state index contributed by atoms with van der Waals surface area (Å²) in [6.45, 7) is 7.22. The number of hydrogen-bond donors (Lipinski definition) is 0. The Morgan fingerprint density at radius 3 is 2.42 bits per heavy atom. The van der Waals surface area contributed by atoms with Crippen LogP contribution in [0.3, 0.4) is 0 Å². The van der Waals surface area contributed by atoms with Gasteiger partial charge < -0.3 is 0 Å². The van der Waals surface area contributed by atoms with Crippen molar-refractivity contribution in [1.82, 2.24) is 0 Å².